The zero-order valence-electron chi connectivity index (χ0n) is 13.5. The van der Waals surface area contributed by atoms with Crippen molar-refractivity contribution in [3.8, 4) is 5.75 Å². The summed E-state index contributed by atoms with van der Waals surface area (Å²) in [6.07, 6.45) is 0. The molecular formula is C17H16BrF3N2O2. The van der Waals surface area contributed by atoms with Gasteiger partial charge in [0.15, 0.2) is 11.6 Å². The van der Waals surface area contributed by atoms with Crippen molar-refractivity contribution in [2.75, 3.05) is 19.0 Å². The maximum absolute atomic E-state index is 13.7. The van der Waals surface area contributed by atoms with E-state index in [0.717, 1.165) is 27.9 Å². The van der Waals surface area contributed by atoms with E-state index >= 15 is 0 Å². The molecule has 0 aliphatic rings. The molecule has 0 aliphatic carbocycles. The number of halogens is 4. The molecule has 0 unspecified atom stereocenters. The Balaban J connectivity index is 2.08. The zero-order chi connectivity index (χ0) is 18.6. The molecule has 0 fully saturated rings. The van der Waals surface area contributed by atoms with E-state index < -0.39 is 24.1 Å². The van der Waals surface area contributed by atoms with Crippen molar-refractivity contribution in [2.45, 2.75) is 13.2 Å². The molecular weight excluding hydrogens is 401 g/mol. The Bertz CT molecular complexity index is 770. The minimum atomic E-state index is -3.13. The lowest BCUT2D eigenvalue weighted by molar-refractivity contribution is -0.0521. The molecule has 2 aromatic rings. The van der Waals surface area contributed by atoms with Gasteiger partial charge in [0.1, 0.15) is 0 Å². The number of carbonyl (C=O) groups excluding carboxylic acids is 1. The van der Waals surface area contributed by atoms with E-state index in [0.29, 0.717) is 0 Å². The van der Waals surface area contributed by atoms with Crippen LogP contribution in [0.25, 0.3) is 0 Å². The highest BCUT2D eigenvalue weighted by molar-refractivity contribution is 9.10. The number of carbonyl (C=O) groups is 1. The van der Waals surface area contributed by atoms with Crippen molar-refractivity contribution in [1.82, 2.24) is 5.32 Å². The molecule has 4 nitrogen and oxygen atoms in total. The number of benzene rings is 2. The Morgan fingerprint density at radius 3 is 2.56 bits per heavy atom. The number of nitrogens with zero attached hydrogens (tertiary/aromatic N) is 1. The molecule has 1 amide bonds. The summed E-state index contributed by atoms with van der Waals surface area (Å²) < 4.78 is 42.8. The number of alkyl halides is 2. The molecule has 0 spiro atoms. The Morgan fingerprint density at radius 1 is 1.24 bits per heavy atom. The van der Waals surface area contributed by atoms with Crippen LogP contribution in [0.3, 0.4) is 0 Å². The predicted octanol–water partition coefficient (Wildman–Crippen LogP) is 4.19. The van der Waals surface area contributed by atoms with E-state index in [1.807, 2.05) is 37.2 Å². The van der Waals surface area contributed by atoms with Crippen LogP contribution in [0.1, 0.15) is 15.9 Å². The highest BCUT2D eigenvalue weighted by Crippen LogP contribution is 2.23. The van der Waals surface area contributed by atoms with Crippen molar-refractivity contribution < 1.29 is 22.7 Å². The normalized spacial score (nSPS) is 10.7. The number of hydrogen-bond donors (Lipinski definition) is 1. The van der Waals surface area contributed by atoms with Gasteiger partial charge < -0.3 is 15.0 Å². The fraction of sp³-hybridized carbons (Fsp3) is 0.235. The van der Waals surface area contributed by atoms with Crippen LogP contribution in [-0.2, 0) is 6.54 Å². The Labute approximate surface area is 151 Å². The molecule has 0 aliphatic heterocycles. The minimum absolute atomic E-state index is 0.0130. The van der Waals surface area contributed by atoms with E-state index in [1.165, 1.54) is 6.07 Å². The third kappa shape index (κ3) is 5.12. The van der Waals surface area contributed by atoms with Gasteiger partial charge in [0.2, 0.25) is 0 Å². The van der Waals surface area contributed by atoms with Crippen LogP contribution in [0.5, 0.6) is 5.75 Å². The number of anilines is 1. The second kappa shape index (κ2) is 8.24. The molecule has 8 heteroatoms. The zero-order valence-corrected chi connectivity index (χ0v) is 15.1. The molecule has 0 saturated heterocycles. The molecule has 0 heterocycles. The molecule has 2 rings (SSSR count). The maximum atomic E-state index is 13.7. The van der Waals surface area contributed by atoms with Gasteiger partial charge in [-0.2, -0.15) is 8.78 Å². The minimum Gasteiger partial charge on any atom is -0.432 e. The SMILES string of the molecule is CN(C)c1ccc(Br)c(CNC(=O)c2ccc(OC(F)F)c(F)c2)c1. The summed E-state index contributed by atoms with van der Waals surface area (Å²) in [6, 6.07) is 8.78. The largest absolute Gasteiger partial charge is 0.432 e. The number of nitrogens with one attached hydrogen (secondary N) is 1. The van der Waals surface area contributed by atoms with E-state index in [9.17, 15) is 18.0 Å². The first-order chi connectivity index (χ1) is 11.8. The van der Waals surface area contributed by atoms with Crippen LogP contribution in [0.15, 0.2) is 40.9 Å². The number of rotatable bonds is 6. The topological polar surface area (TPSA) is 41.6 Å². The van der Waals surface area contributed by atoms with Crippen molar-refractivity contribution >= 4 is 27.5 Å². The summed E-state index contributed by atoms with van der Waals surface area (Å²) in [4.78, 5) is 14.1. The van der Waals surface area contributed by atoms with Crippen LogP contribution in [0.2, 0.25) is 0 Å². The fourth-order valence-corrected chi connectivity index (χ4v) is 2.47. The van der Waals surface area contributed by atoms with Gasteiger partial charge in [-0.15, -0.1) is 0 Å². The third-order valence-electron chi connectivity index (χ3n) is 3.40. The lowest BCUT2D eigenvalue weighted by Crippen LogP contribution is -2.23. The molecule has 0 atom stereocenters. The number of amides is 1. The van der Waals surface area contributed by atoms with Crippen LogP contribution < -0.4 is 15.0 Å². The molecule has 0 radical (unpaired) electrons. The van der Waals surface area contributed by atoms with E-state index in [4.69, 9.17) is 0 Å². The van der Waals surface area contributed by atoms with E-state index in [-0.39, 0.29) is 12.1 Å². The van der Waals surface area contributed by atoms with Crippen LogP contribution >= 0.6 is 15.9 Å². The number of ether oxygens (including phenoxy) is 1. The summed E-state index contributed by atoms with van der Waals surface area (Å²) in [5.41, 5.74) is 1.82. The summed E-state index contributed by atoms with van der Waals surface area (Å²) in [5.74, 6) is -2.15. The smallest absolute Gasteiger partial charge is 0.387 e. The van der Waals surface area contributed by atoms with Gasteiger partial charge in [-0.1, -0.05) is 15.9 Å². The number of hydrogen-bond acceptors (Lipinski definition) is 3. The highest BCUT2D eigenvalue weighted by Gasteiger charge is 2.14. The van der Waals surface area contributed by atoms with Gasteiger partial charge in [0.25, 0.3) is 5.91 Å². The first kappa shape index (κ1) is 19.1. The van der Waals surface area contributed by atoms with Gasteiger partial charge in [-0.05, 0) is 42.0 Å². The van der Waals surface area contributed by atoms with Gasteiger partial charge in [-0.25, -0.2) is 4.39 Å². The third-order valence-corrected chi connectivity index (χ3v) is 4.17. The molecule has 2 aromatic carbocycles. The molecule has 134 valence electrons. The maximum Gasteiger partial charge on any atom is 0.387 e. The molecule has 25 heavy (non-hydrogen) atoms. The molecule has 0 bridgehead atoms. The highest BCUT2D eigenvalue weighted by atomic mass is 79.9. The van der Waals surface area contributed by atoms with E-state index in [1.54, 1.807) is 0 Å². The molecule has 0 aromatic heterocycles. The van der Waals surface area contributed by atoms with Gasteiger partial charge >= 0.3 is 6.61 Å². The molecule has 1 N–H and O–H groups in total. The summed E-state index contributed by atoms with van der Waals surface area (Å²) in [6.45, 7) is -2.91. The Kier molecular flexibility index (Phi) is 6.30. The monoisotopic (exact) mass is 416 g/mol. The van der Waals surface area contributed by atoms with Crippen LogP contribution in [0, 0.1) is 5.82 Å². The Morgan fingerprint density at radius 2 is 1.96 bits per heavy atom. The molecule has 0 saturated carbocycles. The first-order valence-corrected chi connectivity index (χ1v) is 8.05. The van der Waals surface area contributed by atoms with Gasteiger partial charge in [-0.3, -0.25) is 4.79 Å². The first-order valence-electron chi connectivity index (χ1n) is 7.26. The lowest BCUT2D eigenvalue weighted by Gasteiger charge is -2.15. The van der Waals surface area contributed by atoms with Gasteiger partial charge in [0, 0.05) is 36.4 Å². The van der Waals surface area contributed by atoms with Crippen LogP contribution in [0.4, 0.5) is 18.9 Å². The predicted molar refractivity (Wildman–Crippen MR) is 92.7 cm³/mol. The standard InChI is InChI=1S/C17H16BrF3N2O2/c1-23(2)12-4-5-13(18)11(7-12)9-22-16(24)10-3-6-15(14(19)8-10)25-17(20)21/h3-8,17H,9H2,1-2H3,(H,22,24). The lowest BCUT2D eigenvalue weighted by atomic mass is 10.1. The van der Waals surface area contributed by atoms with Crippen molar-refractivity contribution in [3.05, 3.63) is 57.8 Å². The van der Waals surface area contributed by atoms with Crippen molar-refractivity contribution in [2.24, 2.45) is 0 Å². The fourth-order valence-electron chi connectivity index (χ4n) is 2.09. The summed E-state index contributed by atoms with van der Waals surface area (Å²) >= 11 is 3.41. The summed E-state index contributed by atoms with van der Waals surface area (Å²) in [7, 11) is 3.80. The second-order valence-corrected chi connectivity index (χ2v) is 6.23. The quantitative estimate of drug-likeness (QED) is 0.767. The summed E-state index contributed by atoms with van der Waals surface area (Å²) in [5, 5.41) is 2.67. The van der Waals surface area contributed by atoms with Gasteiger partial charge in [0.05, 0.1) is 0 Å². The average molecular weight is 417 g/mol. The van der Waals surface area contributed by atoms with Crippen molar-refractivity contribution in [3.63, 3.8) is 0 Å². The Hall–Kier alpha value is -2.22. The average Bonchev–Trinajstić information content (AvgIpc) is 2.55. The van der Waals surface area contributed by atoms with E-state index in [2.05, 4.69) is 26.0 Å². The van der Waals surface area contributed by atoms with Crippen LogP contribution in [-0.4, -0.2) is 26.6 Å². The second-order valence-electron chi connectivity index (χ2n) is 5.38. The van der Waals surface area contributed by atoms with Crippen molar-refractivity contribution in [1.29, 1.82) is 0 Å².